The first-order valence-electron chi connectivity index (χ1n) is 8.60. The third-order valence-corrected chi connectivity index (χ3v) is 4.50. The van der Waals surface area contributed by atoms with Gasteiger partial charge in [0.15, 0.2) is 0 Å². The molecule has 1 aliphatic carbocycles. The van der Waals surface area contributed by atoms with Gasteiger partial charge in [-0.25, -0.2) is 9.97 Å². The van der Waals surface area contributed by atoms with Crippen LogP contribution in [0.3, 0.4) is 0 Å². The van der Waals surface area contributed by atoms with Crippen LogP contribution in [0.25, 0.3) is 5.82 Å². The van der Waals surface area contributed by atoms with Gasteiger partial charge in [-0.2, -0.15) is 0 Å². The predicted octanol–water partition coefficient (Wildman–Crippen LogP) is 2.53. The standard InChI is InChI=1S/C18H23N5O2/c1-12-3-5-14(6-4-12)22-18(25)16-10-23(11-20-16)17-8-7-15(9-19-17)21-13(2)24/h7-12,14H,3-6H2,1-2H3,(H,21,24)(H,22,25). The Balaban J connectivity index is 1.63. The van der Waals surface area contributed by atoms with Crippen LogP contribution >= 0.6 is 0 Å². The molecule has 0 atom stereocenters. The zero-order valence-electron chi connectivity index (χ0n) is 14.5. The number of amides is 2. The number of anilines is 1. The Hall–Kier alpha value is -2.70. The Morgan fingerprint density at radius 1 is 1.16 bits per heavy atom. The van der Waals surface area contributed by atoms with E-state index in [4.69, 9.17) is 0 Å². The number of imidazole rings is 1. The number of carbonyl (C=O) groups excluding carboxylic acids is 2. The summed E-state index contributed by atoms with van der Waals surface area (Å²) < 4.78 is 1.69. The largest absolute Gasteiger partial charge is 0.348 e. The Bertz CT molecular complexity index is 745. The fourth-order valence-corrected chi connectivity index (χ4v) is 3.05. The van der Waals surface area contributed by atoms with E-state index in [9.17, 15) is 9.59 Å². The van der Waals surface area contributed by atoms with E-state index in [1.54, 1.807) is 35.4 Å². The van der Waals surface area contributed by atoms with E-state index in [2.05, 4.69) is 27.5 Å². The monoisotopic (exact) mass is 341 g/mol. The van der Waals surface area contributed by atoms with Gasteiger partial charge in [-0.05, 0) is 43.7 Å². The summed E-state index contributed by atoms with van der Waals surface area (Å²) in [7, 11) is 0. The fourth-order valence-electron chi connectivity index (χ4n) is 3.05. The molecular weight excluding hydrogens is 318 g/mol. The summed E-state index contributed by atoms with van der Waals surface area (Å²) in [5.74, 6) is 1.09. The van der Waals surface area contributed by atoms with Gasteiger partial charge in [0.25, 0.3) is 5.91 Å². The Morgan fingerprint density at radius 2 is 1.92 bits per heavy atom. The molecule has 0 saturated heterocycles. The molecule has 2 amide bonds. The van der Waals surface area contributed by atoms with Gasteiger partial charge in [0.2, 0.25) is 5.91 Å². The SMILES string of the molecule is CC(=O)Nc1ccc(-n2cnc(C(=O)NC3CCC(C)CC3)c2)nc1. The molecule has 0 bridgehead atoms. The van der Waals surface area contributed by atoms with Crippen LogP contribution in [0, 0.1) is 5.92 Å². The summed E-state index contributed by atoms with van der Waals surface area (Å²) in [6, 6.07) is 3.76. The van der Waals surface area contributed by atoms with Crippen LogP contribution < -0.4 is 10.6 Å². The van der Waals surface area contributed by atoms with Gasteiger partial charge in [0.1, 0.15) is 17.8 Å². The summed E-state index contributed by atoms with van der Waals surface area (Å²) in [5.41, 5.74) is 1.01. The van der Waals surface area contributed by atoms with E-state index in [0.717, 1.165) is 31.6 Å². The highest BCUT2D eigenvalue weighted by Gasteiger charge is 2.21. The minimum atomic E-state index is -0.145. The van der Waals surface area contributed by atoms with Gasteiger partial charge in [0, 0.05) is 19.2 Å². The van der Waals surface area contributed by atoms with Crippen molar-refractivity contribution in [1.82, 2.24) is 19.9 Å². The van der Waals surface area contributed by atoms with Crippen LogP contribution in [0.2, 0.25) is 0 Å². The summed E-state index contributed by atoms with van der Waals surface area (Å²) >= 11 is 0. The summed E-state index contributed by atoms with van der Waals surface area (Å²) in [4.78, 5) is 31.8. The van der Waals surface area contributed by atoms with Gasteiger partial charge in [-0.1, -0.05) is 6.92 Å². The van der Waals surface area contributed by atoms with Gasteiger partial charge < -0.3 is 10.6 Å². The molecule has 3 rings (SSSR count). The second-order valence-corrected chi connectivity index (χ2v) is 6.68. The lowest BCUT2D eigenvalue weighted by Gasteiger charge is -2.26. The molecule has 2 N–H and O–H groups in total. The second kappa shape index (κ2) is 7.46. The lowest BCUT2D eigenvalue weighted by molar-refractivity contribution is -0.114. The number of carbonyl (C=O) groups is 2. The minimum Gasteiger partial charge on any atom is -0.348 e. The third kappa shape index (κ3) is 4.43. The maximum atomic E-state index is 12.4. The van der Waals surface area contributed by atoms with Gasteiger partial charge in [-0.15, -0.1) is 0 Å². The molecule has 132 valence electrons. The molecule has 2 heterocycles. The summed E-state index contributed by atoms with van der Waals surface area (Å²) in [5, 5.41) is 5.73. The molecule has 0 unspecified atom stereocenters. The molecule has 0 aliphatic heterocycles. The van der Waals surface area contributed by atoms with Crippen molar-refractivity contribution in [3.05, 3.63) is 36.5 Å². The highest BCUT2D eigenvalue weighted by atomic mass is 16.2. The maximum Gasteiger partial charge on any atom is 0.271 e. The topological polar surface area (TPSA) is 88.9 Å². The highest BCUT2D eigenvalue weighted by Crippen LogP contribution is 2.23. The molecular formula is C18H23N5O2. The van der Waals surface area contributed by atoms with Crippen LogP contribution in [0.15, 0.2) is 30.9 Å². The minimum absolute atomic E-state index is 0.145. The molecule has 7 nitrogen and oxygen atoms in total. The lowest BCUT2D eigenvalue weighted by Crippen LogP contribution is -2.37. The number of hydrogen-bond donors (Lipinski definition) is 2. The van der Waals surface area contributed by atoms with Crippen LogP contribution in [-0.4, -0.2) is 32.4 Å². The van der Waals surface area contributed by atoms with Crippen molar-refractivity contribution in [3.8, 4) is 5.82 Å². The summed E-state index contributed by atoms with van der Waals surface area (Å²) in [6.07, 6.45) is 9.17. The Labute approximate surface area is 146 Å². The average Bonchev–Trinajstić information content (AvgIpc) is 3.07. The van der Waals surface area contributed by atoms with E-state index in [1.165, 1.54) is 6.92 Å². The van der Waals surface area contributed by atoms with Crippen LogP contribution in [0.1, 0.15) is 50.0 Å². The number of rotatable bonds is 4. The fraction of sp³-hybridized carbons (Fsp3) is 0.444. The first kappa shape index (κ1) is 17.1. The maximum absolute atomic E-state index is 12.4. The summed E-state index contributed by atoms with van der Waals surface area (Å²) in [6.45, 7) is 3.70. The first-order chi connectivity index (χ1) is 12.0. The number of hydrogen-bond acceptors (Lipinski definition) is 4. The molecule has 0 aromatic carbocycles. The smallest absolute Gasteiger partial charge is 0.271 e. The van der Waals surface area contributed by atoms with Crippen LogP contribution in [0.4, 0.5) is 5.69 Å². The van der Waals surface area contributed by atoms with Gasteiger partial charge in [0.05, 0.1) is 11.9 Å². The molecule has 2 aromatic rings. The molecule has 0 spiro atoms. The van der Waals surface area contributed by atoms with Crippen molar-refractivity contribution < 1.29 is 9.59 Å². The highest BCUT2D eigenvalue weighted by molar-refractivity contribution is 5.92. The van der Waals surface area contributed by atoms with Crippen molar-refractivity contribution in [2.45, 2.75) is 45.6 Å². The Kier molecular flexibility index (Phi) is 5.11. The lowest BCUT2D eigenvalue weighted by atomic mass is 9.87. The van der Waals surface area contributed by atoms with Crippen molar-refractivity contribution in [2.24, 2.45) is 5.92 Å². The number of pyridine rings is 1. The van der Waals surface area contributed by atoms with Gasteiger partial charge >= 0.3 is 0 Å². The predicted molar refractivity (Wildman–Crippen MR) is 94.5 cm³/mol. The van der Waals surface area contributed by atoms with Crippen molar-refractivity contribution >= 4 is 17.5 Å². The molecule has 2 aromatic heterocycles. The van der Waals surface area contributed by atoms with E-state index in [1.807, 2.05) is 0 Å². The molecule has 1 fully saturated rings. The molecule has 25 heavy (non-hydrogen) atoms. The normalized spacial score (nSPS) is 20.1. The zero-order chi connectivity index (χ0) is 17.8. The van der Waals surface area contributed by atoms with Crippen molar-refractivity contribution in [3.63, 3.8) is 0 Å². The third-order valence-electron chi connectivity index (χ3n) is 4.50. The van der Waals surface area contributed by atoms with Crippen molar-refractivity contribution in [2.75, 3.05) is 5.32 Å². The van der Waals surface area contributed by atoms with E-state index >= 15 is 0 Å². The second-order valence-electron chi connectivity index (χ2n) is 6.68. The number of aromatic nitrogens is 3. The van der Waals surface area contributed by atoms with Crippen LogP contribution in [0.5, 0.6) is 0 Å². The van der Waals surface area contributed by atoms with E-state index in [0.29, 0.717) is 17.2 Å². The van der Waals surface area contributed by atoms with Crippen molar-refractivity contribution in [1.29, 1.82) is 0 Å². The van der Waals surface area contributed by atoms with Crippen LogP contribution in [-0.2, 0) is 4.79 Å². The number of nitrogens with one attached hydrogen (secondary N) is 2. The first-order valence-corrected chi connectivity index (χ1v) is 8.60. The quantitative estimate of drug-likeness (QED) is 0.894. The van der Waals surface area contributed by atoms with Gasteiger partial charge in [-0.3, -0.25) is 14.2 Å². The average molecular weight is 341 g/mol. The number of nitrogens with zero attached hydrogens (tertiary/aromatic N) is 3. The molecule has 0 radical (unpaired) electrons. The molecule has 1 aliphatic rings. The molecule has 7 heteroatoms. The van der Waals surface area contributed by atoms with E-state index in [-0.39, 0.29) is 17.9 Å². The Morgan fingerprint density at radius 3 is 2.56 bits per heavy atom. The molecule has 1 saturated carbocycles. The zero-order valence-corrected chi connectivity index (χ0v) is 14.5. The van der Waals surface area contributed by atoms with E-state index < -0.39 is 0 Å².